The van der Waals surface area contributed by atoms with Crippen molar-refractivity contribution in [3.8, 4) is 0 Å². The molecule has 1 saturated heterocycles. The first-order valence-corrected chi connectivity index (χ1v) is 12.7. The molecule has 0 aromatic carbocycles. The fraction of sp³-hybridized carbons (Fsp3) is 0.724. The molecule has 32 heavy (non-hydrogen) atoms. The van der Waals surface area contributed by atoms with Crippen LogP contribution in [0.1, 0.15) is 106 Å². The van der Waals surface area contributed by atoms with Gasteiger partial charge in [0.25, 0.3) is 0 Å². The lowest BCUT2D eigenvalue weighted by molar-refractivity contribution is -0.840. The van der Waals surface area contributed by atoms with Gasteiger partial charge in [0.2, 0.25) is 0 Å². The summed E-state index contributed by atoms with van der Waals surface area (Å²) in [7, 11) is 3.44. The van der Waals surface area contributed by atoms with Gasteiger partial charge in [0, 0.05) is 6.42 Å². The molecule has 0 aromatic heterocycles. The Bertz CT molecular complexity index is 674. The van der Waals surface area contributed by atoms with Gasteiger partial charge < -0.3 is 14.6 Å². The van der Waals surface area contributed by atoms with Gasteiger partial charge in [-0.1, -0.05) is 46.6 Å². The highest BCUT2D eigenvalue weighted by atomic mass is 16.6. The minimum absolute atomic E-state index is 0.123. The van der Waals surface area contributed by atoms with Crippen LogP contribution < -0.4 is 0 Å². The summed E-state index contributed by atoms with van der Waals surface area (Å²) in [5.41, 5.74) is 6.03. The fourth-order valence-corrected chi connectivity index (χ4v) is 4.00. The molecule has 1 aliphatic heterocycles. The number of hydrogen-bond acceptors (Lipinski definition) is 2. The average molecular weight is 446 g/mol. The van der Waals surface area contributed by atoms with Crippen molar-refractivity contribution >= 4 is 0 Å². The van der Waals surface area contributed by atoms with Gasteiger partial charge in [-0.3, -0.25) is 0 Å². The van der Waals surface area contributed by atoms with E-state index in [9.17, 15) is 5.21 Å². The molecule has 1 atom stereocenters. The number of hydrogen-bond donors (Lipinski definition) is 0. The predicted molar refractivity (Wildman–Crippen MR) is 140 cm³/mol. The first-order chi connectivity index (χ1) is 14.9. The Labute approximate surface area is 199 Å². The second-order valence-electron chi connectivity index (χ2n) is 11.0. The van der Waals surface area contributed by atoms with Gasteiger partial charge in [0.05, 0.1) is 32.3 Å². The summed E-state index contributed by atoms with van der Waals surface area (Å²) in [5.74, 6) is 0. The third kappa shape index (κ3) is 14.8. The van der Waals surface area contributed by atoms with Crippen LogP contribution in [0.5, 0.6) is 0 Å². The molecule has 3 nitrogen and oxygen atoms in total. The van der Waals surface area contributed by atoms with Crippen molar-refractivity contribution in [3.63, 3.8) is 0 Å². The molecule has 0 radical (unpaired) electrons. The van der Waals surface area contributed by atoms with Gasteiger partial charge in [-0.05, 0) is 99.3 Å². The van der Waals surface area contributed by atoms with Crippen LogP contribution in [0.2, 0.25) is 0 Å². The first kappa shape index (κ1) is 28.9. The van der Waals surface area contributed by atoms with Crippen molar-refractivity contribution in [1.82, 2.24) is 0 Å². The average Bonchev–Trinajstić information content (AvgIpc) is 3.29. The zero-order valence-corrected chi connectivity index (χ0v) is 22.4. The second-order valence-corrected chi connectivity index (χ2v) is 11.0. The van der Waals surface area contributed by atoms with Crippen LogP contribution in [-0.2, 0) is 4.74 Å². The molecule has 0 amide bonds. The number of rotatable bonds is 16. The zero-order chi connectivity index (χ0) is 24.2. The fourth-order valence-electron chi connectivity index (χ4n) is 4.00. The molecule has 0 aromatic rings. The largest absolute Gasteiger partial charge is 0.633 e. The van der Waals surface area contributed by atoms with Gasteiger partial charge >= 0.3 is 0 Å². The third-order valence-corrected chi connectivity index (χ3v) is 6.45. The number of ether oxygens (including phenoxy) is 1. The van der Waals surface area contributed by atoms with Crippen molar-refractivity contribution in [2.75, 3.05) is 20.6 Å². The molecule has 184 valence electrons. The minimum Gasteiger partial charge on any atom is -0.633 e. The lowest BCUT2D eigenvalue weighted by atomic mass is 10.0. The lowest BCUT2D eigenvalue weighted by Gasteiger charge is -2.33. The standard InChI is InChI=1S/C29H51NO2/c1-24(16-11-18-26(3)20-13-23-30(7,8)31)14-9-10-15-25(2)17-12-19-27(4)21-22-28-29(5,6)32-28/h14-15,18-19,28H,9-13,16-17,20-23H2,1-8H3/b24-14-,25-15-,26-18-,27-19-. The van der Waals surface area contributed by atoms with E-state index in [0.717, 1.165) is 64.2 Å². The predicted octanol–water partition coefficient (Wildman–Crippen LogP) is 8.42. The summed E-state index contributed by atoms with van der Waals surface area (Å²) < 4.78 is 5.49. The van der Waals surface area contributed by atoms with E-state index in [0.29, 0.717) is 12.6 Å². The minimum atomic E-state index is -0.186. The van der Waals surface area contributed by atoms with E-state index in [-0.39, 0.29) is 10.2 Å². The van der Waals surface area contributed by atoms with Crippen LogP contribution in [0.25, 0.3) is 0 Å². The van der Waals surface area contributed by atoms with Gasteiger partial charge in [0.1, 0.15) is 0 Å². The van der Waals surface area contributed by atoms with Gasteiger partial charge in [-0.2, -0.15) is 0 Å². The Morgan fingerprint density at radius 3 is 1.59 bits per heavy atom. The molecule has 0 N–H and O–H groups in total. The summed E-state index contributed by atoms with van der Waals surface area (Å²) >= 11 is 0. The van der Waals surface area contributed by atoms with Crippen molar-refractivity contribution < 1.29 is 9.38 Å². The van der Waals surface area contributed by atoms with Crippen molar-refractivity contribution in [3.05, 3.63) is 51.8 Å². The molecule has 1 fully saturated rings. The van der Waals surface area contributed by atoms with Crippen LogP contribution in [0.4, 0.5) is 0 Å². The molecule has 1 aliphatic rings. The number of nitrogens with zero attached hydrogens (tertiary/aromatic N) is 1. The summed E-state index contributed by atoms with van der Waals surface area (Å²) in [5, 5.41) is 11.6. The number of epoxide rings is 1. The SMILES string of the molecule is C/C(=C/CC/C=C(/C)CC/C=C(/C)CCC1OC1(C)C)CC/C=C(/C)CCC[N+](C)(C)[O-]. The molecule has 1 heterocycles. The number of quaternary nitrogens is 1. The lowest BCUT2D eigenvalue weighted by Crippen LogP contribution is -2.33. The Hall–Kier alpha value is -1.16. The first-order valence-electron chi connectivity index (χ1n) is 12.7. The Morgan fingerprint density at radius 2 is 1.16 bits per heavy atom. The van der Waals surface area contributed by atoms with Crippen LogP contribution >= 0.6 is 0 Å². The van der Waals surface area contributed by atoms with Crippen molar-refractivity contribution in [2.45, 2.75) is 117 Å². The van der Waals surface area contributed by atoms with E-state index < -0.39 is 0 Å². The monoisotopic (exact) mass is 445 g/mol. The maximum absolute atomic E-state index is 11.6. The van der Waals surface area contributed by atoms with E-state index in [4.69, 9.17) is 4.74 Å². The zero-order valence-electron chi connectivity index (χ0n) is 22.4. The molecular weight excluding hydrogens is 394 g/mol. The Morgan fingerprint density at radius 1 is 0.750 bits per heavy atom. The van der Waals surface area contributed by atoms with Gasteiger partial charge in [0.15, 0.2) is 0 Å². The Kier molecular flexibility index (Phi) is 12.8. The van der Waals surface area contributed by atoms with E-state index in [1.807, 2.05) is 0 Å². The highest BCUT2D eigenvalue weighted by Crippen LogP contribution is 2.38. The van der Waals surface area contributed by atoms with Crippen molar-refractivity contribution in [2.24, 2.45) is 0 Å². The van der Waals surface area contributed by atoms with Crippen molar-refractivity contribution in [1.29, 1.82) is 0 Å². The highest BCUT2D eigenvalue weighted by Gasteiger charge is 2.46. The van der Waals surface area contributed by atoms with Gasteiger partial charge in [-0.25, -0.2) is 0 Å². The summed E-state index contributed by atoms with van der Waals surface area (Å²) in [6.45, 7) is 14.0. The Balaban J connectivity index is 2.15. The normalized spacial score (nSPS) is 20.1. The van der Waals surface area contributed by atoms with Gasteiger partial charge in [-0.15, -0.1) is 0 Å². The van der Waals surface area contributed by atoms with E-state index in [2.05, 4.69) is 65.8 Å². The second kappa shape index (κ2) is 14.2. The summed E-state index contributed by atoms with van der Waals surface area (Å²) in [4.78, 5) is 0. The number of allylic oxidation sites excluding steroid dienone is 8. The smallest absolute Gasteiger partial charge is 0.0892 e. The van der Waals surface area contributed by atoms with Crippen LogP contribution in [0, 0.1) is 5.21 Å². The molecule has 1 unspecified atom stereocenters. The van der Waals surface area contributed by atoms with E-state index in [1.54, 1.807) is 14.1 Å². The molecule has 3 heteroatoms. The van der Waals surface area contributed by atoms with E-state index in [1.165, 1.54) is 22.3 Å². The molecule has 0 aliphatic carbocycles. The molecular formula is C29H51NO2. The van der Waals surface area contributed by atoms with E-state index >= 15 is 0 Å². The number of unbranched alkanes of at least 4 members (excludes halogenated alkanes) is 1. The topological polar surface area (TPSA) is 35.6 Å². The number of hydroxylamine groups is 3. The third-order valence-electron chi connectivity index (χ3n) is 6.45. The molecule has 0 bridgehead atoms. The quantitative estimate of drug-likeness (QED) is 0.0785. The van der Waals surface area contributed by atoms with Crippen LogP contribution in [-0.4, -0.2) is 37.0 Å². The molecule has 0 spiro atoms. The maximum atomic E-state index is 11.6. The summed E-state index contributed by atoms with van der Waals surface area (Å²) in [6.07, 6.45) is 21.2. The molecule has 1 rings (SSSR count). The highest BCUT2D eigenvalue weighted by molar-refractivity contribution is 5.07. The van der Waals surface area contributed by atoms with Crippen LogP contribution in [0.3, 0.4) is 0 Å². The van der Waals surface area contributed by atoms with Crippen LogP contribution in [0.15, 0.2) is 46.6 Å². The molecule has 0 saturated carbocycles. The maximum Gasteiger partial charge on any atom is 0.0892 e. The summed E-state index contributed by atoms with van der Waals surface area (Å²) in [6, 6.07) is 0.